The van der Waals surface area contributed by atoms with Crippen molar-refractivity contribution >= 4 is 5.91 Å². The third kappa shape index (κ3) is 3.47. The molecule has 0 fully saturated rings. The second-order valence-corrected chi connectivity index (χ2v) is 5.16. The van der Waals surface area contributed by atoms with Gasteiger partial charge in [0, 0.05) is 5.56 Å². The van der Waals surface area contributed by atoms with Crippen LogP contribution in [0.1, 0.15) is 46.9 Å². The quantitative estimate of drug-likeness (QED) is 0.889. The number of nitrogens with one attached hydrogen (secondary N) is 1. The van der Waals surface area contributed by atoms with E-state index in [9.17, 15) is 4.79 Å². The van der Waals surface area contributed by atoms with Gasteiger partial charge in [-0.1, -0.05) is 48.9 Å². The lowest BCUT2D eigenvalue weighted by atomic mass is 10.0. The number of carbonyl (C=O) groups excluding carboxylic acids is 1. The van der Waals surface area contributed by atoms with Crippen molar-refractivity contribution in [3.8, 4) is 0 Å². The van der Waals surface area contributed by atoms with E-state index in [4.69, 9.17) is 0 Å². The molecule has 2 rings (SSSR count). The molecule has 0 aliphatic rings. The van der Waals surface area contributed by atoms with Crippen molar-refractivity contribution in [1.29, 1.82) is 0 Å². The van der Waals surface area contributed by atoms with Crippen molar-refractivity contribution in [2.24, 2.45) is 0 Å². The topological polar surface area (TPSA) is 29.1 Å². The molecule has 2 heteroatoms. The predicted octanol–water partition coefficient (Wildman–Crippen LogP) is 4.05. The van der Waals surface area contributed by atoms with Gasteiger partial charge >= 0.3 is 0 Å². The fourth-order valence-electron chi connectivity index (χ4n) is 2.19. The van der Waals surface area contributed by atoms with Crippen molar-refractivity contribution in [2.45, 2.75) is 33.2 Å². The molecule has 1 atom stereocenters. The Balaban J connectivity index is 2.06. The highest BCUT2D eigenvalue weighted by Gasteiger charge is 2.11. The number of hydrogen-bond donors (Lipinski definition) is 1. The summed E-state index contributed by atoms with van der Waals surface area (Å²) >= 11 is 0. The average molecular weight is 267 g/mol. The molecule has 1 N–H and O–H groups in total. The lowest BCUT2D eigenvalue weighted by Gasteiger charge is -2.15. The Morgan fingerprint density at radius 1 is 1.15 bits per heavy atom. The van der Waals surface area contributed by atoms with E-state index < -0.39 is 0 Å². The van der Waals surface area contributed by atoms with Crippen molar-refractivity contribution in [3.63, 3.8) is 0 Å². The van der Waals surface area contributed by atoms with E-state index in [1.54, 1.807) is 0 Å². The number of amides is 1. The zero-order chi connectivity index (χ0) is 14.5. The molecule has 20 heavy (non-hydrogen) atoms. The maximum absolute atomic E-state index is 12.2. The van der Waals surface area contributed by atoms with E-state index in [0.29, 0.717) is 5.56 Å². The summed E-state index contributed by atoms with van der Waals surface area (Å²) in [6.45, 7) is 6.14. The highest BCUT2D eigenvalue weighted by molar-refractivity contribution is 5.94. The van der Waals surface area contributed by atoms with Crippen LogP contribution in [0.5, 0.6) is 0 Å². The van der Waals surface area contributed by atoms with Gasteiger partial charge in [-0.2, -0.15) is 0 Å². The molecule has 2 nitrogen and oxygen atoms in total. The van der Waals surface area contributed by atoms with E-state index in [1.165, 1.54) is 5.56 Å². The number of benzene rings is 2. The number of rotatable bonds is 4. The van der Waals surface area contributed by atoms with Crippen LogP contribution in [0, 0.1) is 6.92 Å². The third-order valence-electron chi connectivity index (χ3n) is 3.52. The summed E-state index contributed by atoms with van der Waals surface area (Å²) in [4.78, 5) is 12.2. The van der Waals surface area contributed by atoms with Crippen LogP contribution >= 0.6 is 0 Å². The summed E-state index contributed by atoms with van der Waals surface area (Å²) in [6, 6.07) is 16.1. The van der Waals surface area contributed by atoms with E-state index in [2.05, 4.69) is 36.5 Å². The molecule has 0 bridgehead atoms. The van der Waals surface area contributed by atoms with Crippen LogP contribution in [0.2, 0.25) is 0 Å². The van der Waals surface area contributed by atoms with Gasteiger partial charge < -0.3 is 5.32 Å². The summed E-state index contributed by atoms with van der Waals surface area (Å²) in [7, 11) is 0. The fourth-order valence-corrected chi connectivity index (χ4v) is 2.19. The zero-order valence-electron chi connectivity index (χ0n) is 12.3. The molecule has 0 saturated heterocycles. The largest absolute Gasteiger partial charge is 0.346 e. The maximum atomic E-state index is 12.2. The lowest BCUT2D eigenvalue weighted by molar-refractivity contribution is 0.0940. The molecule has 0 aromatic heterocycles. The molecule has 2 aromatic rings. The second-order valence-electron chi connectivity index (χ2n) is 5.16. The van der Waals surface area contributed by atoms with Gasteiger partial charge in [0.05, 0.1) is 6.04 Å². The van der Waals surface area contributed by atoms with Crippen LogP contribution in [0.4, 0.5) is 0 Å². The molecule has 0 heterocycles. The molecule has 0 radical (unpaired) electrons. The first kappa shape index (κ1) is 14.3. The van der Waals surface area contributed by atoms with Crippen molar-refractivity contribution in [2.75, 3.05) is 0 Å². The van der Waals surface area contributed by atoms with Crippen LogP contribution in [-0.2, 0) is 6.42 Å². The second kappa shape index (κ2) is 6.38. The van der Waals surface area contributed by atoms with Crippen LogP contribution in [-0.4, -0.2) is 5.91 Å². The third-order valence-corrected chi connectivity index (χ3v) is 3.52. The van der Waals surface area contributed by atoms with Gasteiger partial charge in [0.1, 0.15) is 0 Å². The summed E-state index contributed by atoms with van der Waals surface area (Å²) in [6.07, 6.45) is 1.03. The standard InChI is InChI=1S/C18H21NO/c1-4-15-8-10-16(11-9-15)14(3)19-18(20)17-7-5-6-13(2)12-17/h5-12,14H,4H2,1-3H3,(H,19,20). The fraction of sp³-hybridized carbons (Fsp3) is 0.278. The minimum atomic E-state index is -0.0271. The monoisotopic (exact) mass is 267 g/mol. The Bertz CT molecular complexity index is 587. The van der Waals surface area contributed by atoms with E-state index in [1.807, 2.05) is 38.1 Å². The first-order valence-corrected chi connectivity index (χ1v) is 7.06. The molecule has 0 aliphatic carbocycles. The number of hydrogen-bond acceptors (Lipinski definition) is 1. The van der Waals surface area contributed by atoms with Crippen molar-refractivity contribution < 1.29 is 4.79 Å². The number of aryl methyl sites for hydroxylation is 2. The minimum Gasteiger partial charge on any atom is -0.346 e. The molecule has 1 unspecified atom stereocenters. The summed E-state index contributed by atoms with van der Waals surface area (Å²) in [5, 5.41) is 3.04. The highest BCUT2D eigenvalue weighted by Crippen LogP contribution is 2.15. The Labute approximate surface area is 120 Å². The van der Waals surface area contributed by atoms with E-state index in [-0.39, 0.29) is 11.9 Å². The molecular weight excluding hydrogens is 246 g/mol. The summed E-state index contributed by atoms with van der Waals surface area (Å²) < 4.78 is 0. The van der Waals surface area contributed by atoms with Crippen molar-refractivity contribution in [3.05, 3.63) is 70.8 Å². The minimum absolute atomic E-state index is 0.00826. The maximum Gasteiger partial charge on any atom is 0.251 e. The van der Waals surface area contributed by atoms with Gasteiger partial charge in [-0.15, -0.1) is 0 Å². The summed E-state index contributed by atoms with van der Waals surface area (Å²) in [5.41, 5.74) is 4.24. The molecular formula is C18H21NO. The van der Waals surface area contributed by atoms with Gasteiger partial charge in [0.15, 0.2) is 0 Å². The molecule has 0 aliphatic heterocycles. The Hall–Kier alpha value is -2.09. The zero-order valence-corrected chi connectivity index (χ0v) is 12.3. The van der Waals surface area contributed by atoms with Crippen LogP contribution < -0.4 is 5.32 Å². The normalized spacial score (nSPS) is 11.9. The first-order chi connectivity index (χ1) is 9.60. The lowest BCUT2D eigenvalue weighted by Crippen LogP contribution is -2.26. The van der Waals surface area contributed by atoms with E-state index >= 15 is 0 Å². The Kier molecular flexibility index (Phi) is 4.57. The molecule has 2 aromatic carbocycles. The van der Waals surface area contributed by atoms with Gasteiger partial charge in [-0.3, -0.25) is 4.79 Å². The average Bonchev–Trinajstić information content (AvgIpc) is 2.47. The van der Waals surface area contributed by atoms with Gasteiger partial charge in [0.25, 0.3) is 5.91 Å². The predicted molar refractivity (Wildman–Crippen MR) is 82.9 cm³/mol. The number of carbonyl (C=O) groups is 1. The first-order valence-electron chi connectivity index (χ1n) is 7.06. The Morgan fingerprint density at radius 3 is 2.45 bits per heavy atom. The van der Waals surface area contributed by atoms with Crippen LogP contribution in [0.3, 0.4) is 0 Å². The molecule has 0 spiro atoms. The molecule has 104 valence electrons. The summed E-state index contributed by atoms with van der Waals surface area (Å²) in [5.74, 6) is -0.0271. The molecule has 1 amide bonds. The Morgan fingerprint density at radius 2 is 1.85 bits per heavy atom. The van der Waals surface area contributed by atoms with Crippen LogP contribution in [0.25, 0.3) is 0 Å². The van der Waals surface area contributed by atoms with Gasteiger partial charge in [-0.25, -0.2) is 0 Å². The SMILES string of the molecule is CCc1ccc(C(C)NC(=O)c2cccc(C)c2)cc1. The van der Waals surface area contributed by atoms with Gasteiger partial charge in [0.2, 0.25) is 0 Å². The van der Waals surface area contributed by atoms with Gasteiger partial charge in [-0.05, 0) is 43.5 Å². The van der Waals surface area contributed by atoms with Crippen molar-refractivity contribution in [1.82, 2.24) is 5.32 Å². The van der Waals surface area contributed by atoms with E-state index in [0.717, 1.165) is 17.5 Å². The highest BCUT2D eigenvalue weighted by atomic mass is 16.1. The smallest absolute Gasteiger partial charge is 0.251 e. The molecule has 0 saturated carbocycles. The van der Waals surface area contributed by atoms with Crippen LogP contribution in [0.15, 0.2) is 48.5 Å².